The molecule has 1 unspecified atom stereocenters. The molecule has 1 heterocycles. The number of piperidine rings is 1. The van der Waals surface area contributed by atoms with Crippen LogP contribution in [0.3, 0.4) is 0 Å². The molecule has 0 saturated carbocycles. The Hall–Kier alpha value is -0.190. The van der Waals surface area contributed by atoms with E-state index in [2.05, 4.69) is 39.6 Å². The highest BCUT2D eigenvalue weighted by Gasteiger charge is 2.15. The lowest BCUT2D eigenvalue weighted by atomic mass is 9.98. The number of thioether (sulfide) groups is 1. The van der Waals surface area contributed by atoms with E-state index < -0.39 is 0 Å². The SMILES string of the molecule is COc1c(Br)cc(CC2CCCCN2)cc1SC. The molecule has 18 heavy (non-hydrogen) atoms. The van der Waals surface area contributed by atoms with Crippen LogP contribution in [-0.4, -0.2) is 26.0 Å². The van der Waals surface area contributed by atoms with Crippen molar-refractivity contribution < 1.29 is 4.74 Å². The van der Waals surface area contributed by atoms with E-state index in [1.807, 2.05) is 0 Å². The van der Waals surface area contributed by atoms with Gasteiger partial charge in [-0.25, -0.2) is 0 Å². The van der Waals surface area contributed by atoms with Gasteiger partial charge in [0.2, 0.25) is 0 Å². The molecule has 1 aromatic rings. The van der Waals surface area contributed by atoms with Crippen LogP contribution in [0.2, 0.25) is 0 Å². The van der Waals surface area contributed by atoms with Crippen LogP contribution in [0.15, 0.2) is 21.5 Å². The molecule has 1 aromatic carbocycles. The number of benzene rings is 1. The largest absolute Gasteiger partial charge is 0.494 e. The van der Waals surface area contributed by atoms with Crippen LogP contribution in [0, 0.1) is 0 Å². The summed E-state index contributed by atoms with van der Waals surface area (Å²) in [6, 6.07) is 5.08. The second-order valence-electron chi connectivity index (χ2n) is 4.66. The van der Waals surface area contributed by atoms with Crippen LogP contribution in [0.4, 0.5) is 0 Å². The fraction of sp³-hybridized carbons (Fsp3) is 0.571. The van der Waals surface area contributed by atoms with Crippen molar-refractivity contribution in [1.82, 2.24) is 5.32 Å². The topological polar surface area (TPSA) is 21.3 Å². The minimum Gasteiger partial charge on any atom is -0.494 e. The Bertz CT molecular complexity index is 405. The van der Waals surface area contributed by atoms with Crippen LogP contribution in [0.1, 0.15) is 24.8 Å². The minimum atomic E-state index is 0.633. The fourth-order valence-electron chi connectivity index (χ4n) is 2.47. The van der Waals surface area contributed by atoms with Crippen molar-refractivity contribution in [3.05, 3.63) is 22.2 Å². The number of halogens is 1. The van der Waals surface area contributed by atoms with E-state index in [0.717, 1.165) is 23.2 Å². The average molecular weight is 330 g/mol. The van der Waals surface area contributed by atoms with Gasteiger partial charge in [-0.15, -0.1) is 11.8 Å². The smallest absolute Gasteiger partial charge is 0.146 e. The van der Waals surface area contributed by atoms with Crippen molar-refractivity contribution in [2.45, 2.75) is 36.6 Å². The minimum absolute atomic E-state index is 0.633. The molecule has 4 heteroatoms. The molecular weight excluding hydrogens is 310 g/mol. The highest BCUT2D eigenvalue weighted by molar-refractivity contribution is 9.10. The Labute approximate surface area is 122 Å². The first-order valence-corrected chi connectivity index (χ1v) is 8.40. The Morgan fingerprint density at radius 1 is 1.44 bits per heavy atom. The van der Waals surface area contributed by atoms with Gasteiger partial charge in [0, 0.05) is 6.04 Å². The van der Waals surface area contributed by atoms with Crippen LogP contribution in [0.25, 0.3) is 0 Å². The summed E-state index contributed by atoms with van der Waals surface area (Å²) >= 11 is 5.34. The summed E-state index contributed by atoms with van der Waals surface area (Å²) in [5, 5.41) is 3.60. The van der Waals surface area contributed by atoms with E-state index in [1.165, 1.54) is 29.7 Å². The molecule has 0 aliphatic carbocycles. The molecule has 1 fully saturated rings. The molecule has 2 rings (SSSR count). The standard InChI is InChI=1S/C14H20BrNOS/c1-17-14-12(15)8-10(9-13(14)18-2)7-11-5-3-4-6-16-11/h8-9,11,16H,3-7H2,1-2H3. The predicted molar refractivity (Wildman–Crippen MR) is 81.8 cm³/mol. The molecule has 0 bridgehead atoms. The Balaban J connectivity index is 2.15. The average Bonchev–Trinajstić information content (AvgIpc) is 2.39. The third-order valence-electron chi connectivity index (χ3n) is 3.39. The second kappa shape index (κ2) is 6.83. The van der Waals surface area contributed by atoms with Crippen LogP contribution in [-0.2, 0) is 6.42 Å². The van der Waals surface area contributed by atoms with Gasteiger partial charge in [0.05, 0.1) is 16.5 Å². The third kappa shape index (κ3) is 3.43. The molecule has 1 N–H and O–H groups in total. The van der Waals surface area contributed by atoms with Crippen molar-refractivity contribution in [2.75, 3.05) is 19.9 Å². The summed E-state index contributed by atoms with van der Waals surface area (Å²) in [7, 11) is 1.72. The molecule has 0 amide bonds. The summed E-state index contributed by atoms with van der Waals surface area (Å²) in [5.74, 6) is 0.947. The second-order valence-corrected chi connectivity index (χ2v) is 6.37. The van der Waals surface area contributed by atoms with Gasteiger partial charge in [-0.1, -0.05) is 6.42 Å². The lowest BCUT2D eigenvalue weighted by molar-refractivity contribution is 0.394. The summed E-state index contributed by atoms with van der Waals surface area (Å²) < 4.78 is 6.49. The number of rotatable bonds is 4. The van der Waals surface area contributed by atoms with E-state index in [9.17, 15) is 0 Å². The first-order chi connectivity index (χ1) is 8.74. The highest BCUT2D eigenvalue weighted by atomic mass is 79.9. The van der Waals surface area contributed by atoms with Crippen molar-refractivity contribution in [3.8, 4) is 5.75 Å². The first kappa shape index (κ1) is 14.2. The zero-order valence-corrected chi connectivity index (χ0v) is 13.4. The Kier molecular flexibility index (Phi) is 5.39. The fourth-order valence-corrected chi connectivity index (χ4v) is 3.92. The predicted octanol–water partition coefficient (Wildman–Crippen LogP) is 3.86. The summed E-state index contributed by atoms with van der Waals surface area (Å²) in [6.45, 7) is 1.16. The van der Waals surface area contributed by atoms with Gasteiger partial charge in [-0.05, 0) is 65.7 Å². The molecule has 100 valence electrons. The maximum Gasteiger partial charge on any atom is 0.146 e. The van der Waals surface area contributed by atoms with E-state index in [1.54, 1.807) is 18.9 Å². The van der Waals surface area contributed by atoms with Crippen molar-refractivity contribution in [1.29, 1.82) is 0 Å². The lowest BCUT2D eigenvalue weighted by Gasteiger charge is -2.24. The van der Waals surface area contributed by atoms with E-state index in [-0.39, 0.29) is 0 Å². The number of hydrogen-bond donors (Lipinski definition) is 1. The van der Waals surface area contributed by atoms with Crippen molar-refractivity contribution in [3.63, 3.8) is 0 Å². The zero-order chi connectivity index (χ0) is 13.0. The number of methoxy groups -OCH3 is 1. The van der Waals surface area contributed by atoms with Gasteiger partial charge in [0.1, 0.15) is 5.75 Å². The van der Waals surface area contributed by atoms with Crippen molar-refractivity contribution >= 4 is 27.7 Å². The summed E-state index contributed by atoms with van der Waals surface area (Å²) in [6.07, 6.45) is 7.16. The number of ether oxygens (including phenoxy) is 1. The van der Waals surface area contributed by atoms with Gasteiger partial charge in [-0.3, -0.25) is 0 Å². The normalized spacial score (nSPS) is 19.8. The number of nitrogens with one attached hydrogen (secondary N) is 1. The van der Waals surface area contributed by atoms with Gasteiger partial charge >= 0.3 is 0 Å². The molecule has 1 aliphatic rings. The molecule has 1 saturated heterocycles. The van der Waals surface area contributed by atoms with Crippen molar-refractivity contribution in [2.24, 2.45) is 0 Å². The van der Waals surface area contributed by atoms with Gasteiger partial charge in [0.15, 0.2) is 0 Å². The molecule has 0 radical (unpaired) electrons. The molecule has 0 aromatic heterocycles. The van der Waals surface area contributed by atoms with Crippen LogP contribution >= 0.6 is 27.7 Å². The molecule has 0 spiro atoms. The highest BCUT2D eigenvalue weighted by Crippen LogP contribution is 2.36. The summed E-state index contributed by atoms with van der Waals surface area (Å²) in [4.78, 5) is 1.21. The van der Waals surface area contributed by atoms with Gasteiger partial charge in [-0.2, -0.15) is 0 Å². The molecular formula is C14H20BrNOS. The molecule has 1 atom stereocenters. The van der Waals surface area contributed by atoms with E-state index >= 15 is 0 Å². The first-order valence-electron chi connectivity index (χ1n) is 6.38. The van der Waals surface area contributed by atoms with E-state index in [0.29, 0.717) is 6.04 Å². The Morgan fingerprint density at radius 3 is 2.89 bits per heavy atom. The zero-order valence-electron chi connectivity index (χ0n) is 11.0. The van der Waals surface area contributed by atoms with Crippen LogP contribution in [0.5, 0.6) is 5.75 Å². The molecule has 2 nitrogen and oxygen atoms in total. The lowest BCUT2D eigenvalue weighted by Crippen LogP contribution is -2.35. The Morgan fingerprint density at radius 2 is 2.28 bits per heavy atom. The number of hydrogen-bond acceptors (Lipinski definition) is 3. The summed E-state index contributed by atoms with van der Waals surface area (Å²) in [5.41, 5.74) is 1.38. The monoisotopic (exact) mass is 329 g/mol. The maximum atomic E-state index is 5.43. The molecule has 1 aliphatic heterocycles. The third-order valence-corrected chi connectivity index (χ3v) is 4.72. The maximum absolute atomic E-state index is 5.43. The van der Waals surface area contributed by atoms with Gasteiger partial charge < -0.3 is 10.1 Å². The quantitative estimate of drug-likeness (QED) is 0.847. The van der Waals surface area contributed by atoms with E-state index in [4.69, 9.17) is 4.74 Å². The van der Waals surface area contributed by atoms with Crippen LogP contribution < -0.4 is 10.1 Å². The van der Waals surface area contributed by atoms with Gasteiger partial charge in [0.25, 0.3) is 0 Å².